The van der Waals surface area contributed by atoms with Crippen molar-refractivity contribution in [3.8, 4) is 0 Å². The van der Waals surface area contributed by atoms with Gasteiger partial charge in [-0.2, -0.15) is 0 Å². The summed E-state index contributed by atoms with van der Waals surface area (Å²) in [6, 6.07) is 0. The predicted octanol–water partition coefficient (Wildman–Crippen LogP) is 0.682. The molecule has 0 spiro atoms. The molecule has 2 saturated heterocycles. The van der Waals surface area contributed by atoms with Gasteiger partial charge in [0, 0.05) is 18.7 Å². The van der Waals surface area contributed by atoms with Gasteiger partial charge in [0.05, 0.1) is 5.37 Å². The third kappa shape index (κ3) is 0.748. The van der Waals surface area contributed by atoms with Crippen LogP contribution in [-0.2, 0) is 4.79 Å². The summed E-state index contributed by atoms with van der Waals surface area (Å²) in [6.07, 6.45) is 1.88. The summed E-state index contributed by atoms with van der Waals surface area (Å²) in [4.78, 5) is 13.0. The van der Waals surface area contributed by atoms with Crippen LogP contribution in [0.2, 0.25) is 0 Å². The maximum atomic E-state index is 11.0. The van der Waals surface area contributed by atoms with Crippen molar-refractivity contribution in [3.63, 3.8) is 0 Å². The van der Waals surface area contributed by atoms with Crippen molar-refractivity contribution in [1.29, 1.82) is 0 Å². The van der Waals surface area contributed by atoms with Gasteiger partial charge in [-0.05, 0) is 6.42 Å². The van der Waals surface area contributed by atoms with E-state index in [0.717, 1.165) is 25.1 Å². The number of hydrogen-bond acceptors (Lipinski definition) is 2. The molecule has 0 saturated carbocycles. The van der Waals surface area contributed by atoms with Crippen LogP contribution in [0.3, 0.4) is 0 Å². The Morgan fingerprint density at radius 2 is 2.56 bits per heavy atom. The molecule has 0 aromatic rings. The molecule has 1 atom stereocenters. The number of thioether (sulfide) groups is 1. The van der Waals surface area contributed by atoms with Gasteiger partial charge in [0.25, 0.3) is 0 Å². The van der Waals surface area contributed by atoms with Gasteiger partial charge in [0.15, 0.2) is 0 Å². The van der Waals surface area contributed by atoms with Crippen LogP contribution in [0.25, 0.3) is 0 Å². The maximum absolute atomic E-state index is 11.0. The zero-order valence-corrected chi connectivity index (χ0v) is 5.99. The molecule has 0 aromatic heterocycles. The second kappa shape index (κ2) is 1.90. The average molecular weight is 143 g/mol. The first-order valence-corrected chi connectivity index (χ1v) is 4.34. The molecule has 2 rings (SSSR count). The molecular weight excluding hydrogens is 134 g/mol. The largest absolute Gasteiger partial charge is 0.330 e. The molecule has 0 aromatic carbocycles. The topological polar surface area (TPSA) is 20.3 Å². The molecule has 50 valence electrons. The summed E-state index contributed by atoms with van der Waals surface area (Å²) >= 11 is 1.92. The van der Waals surface area contributed by atoms with Gasteiger partial charge < -0.3 is 4.90 Å². The lowest BCUT2D eigenvalue weighted by Gasteiger charge is -2.12. The van der Waals surface area contributed by atoms with Crippen molar-refractivity contribution in [1.82, 2.24) is 4.90 Å². The molecule has 2 heterocycles. The van der Waals surface area contributed by atoms with Crippen LogP contribution < -0.4 is 0 Å². The third-order valence-electron chi connectivity index (χ3n) is 1.92. The van der Waals surface area contributed by atoms with Crippen molar-refractivity contribution >= 4 is 17.7 Å². The van der Waals surface area contributed by atoms with E-state index in [1.807, 2.05) is 16.7 Å². The Morgan fingerprint density at radius 3 is 3.33 bits per heavy atom. The number of rotatable bonds is 0. The van der Waals surface area contributed by atoms with Crippen molar-refractivity contribution in [3.05, 3.63) is 0 Å². The van der Waals surface area contributed by atoms with Crippen LogP contribution >= 0.6 is 11.8 Å². The van der Waals surface area contributed by atoms with Crippen molar-refractivity contribution in [2.24, 2.45) is 0 Å². The standard InChI is InChI=1S/C6H9NOS/c8-5-1-2-6-7(5)3-4-9-6/h6H,1-4H2. The molecule has 0 aliphatic carbocycles. The molecule has 1 amide bonds. The van der Waals surface area contributed by atoms with E-state index in [2.05, 4.69) is 0 Å². The highest BCUT2D eigenvalue weighted by Gasteiger charge is 2.34. The fourth-order valence-electron chi connectivity index (χ4n) is 1.44. The first kappa shape index (κ1) is 5.59. The lowest BCUT2D eigenvalue weighted by Crippen LogP contribution is -2.26. The molecule has 0 N–H and O–H groups in total. The smallest absolute Gasteiger partial charge is 0.223 e. The van der Waals surface area contributed by atoms with Crippen molar-refractivity contribution in [2.75, 3.05) is 12.3 Å². The highest BCUT2D eigenvalue weighted by Crippen LogP contribution is 2.32. The van der Waals surface area contributed by atoms with Gasteiger partial charge in [-0.15, -0.1) is 11.8 Å². The van der Waals surface area contributed by atoms with Crippen LogP contribution in [0.5, 0.6) is 0 Å². The Labute approximate surface area is 58.6 Å². The second-order valence-electron chi connectivity index (χ2n) is 2.45. The number of carbonyl (C=O) groups is 1. The minimum atomic E-state index is 0.366. The van der Waals surface area contributed by atoms with E-state index >= 15 is 0 Å². The molecule has 3 heteroatoms. The summed E-state index contributed by atoms with van der Waals surface area (Å²) < 4.78 is 0. The van der Waals surface area contributed by atoms with Gasteiger partial charge in [0.2, 0.25) is 5.91 Å². The van der Waals surface area contributed by atoms with Gasteiger partial charge in [0.1, 0.15) is 0 Å². The molecule has 0 bridgehead atoms. The minimum absolute atomic E-state index is 0.366. The summed E-state index contributed by atoms with van der Waals surface area (Å²) in [6.45, 7) is 0.994. The van der Waals surface area contributed by atoms with Gasteiger partial charge in [-0.3, -0.25) is 4.79 Å². The third-order valence-corrected chi connectivity index (χ3v) is 3.21. The van der Waals surface area contributed by atoms with Crippen LogP contribution in [0.4, 0.5) is 0 Å². The first-order valence-electron chi connectivity index (χ1n) is 3.29. The van der Waals surface area contributed by atoms with Gasteiger partial charge in [-0.25, -0.2) is 0 Å². The minimum Gasteiger partial charge on any atom is -0.330 e. The van der Waals surface area contributed by atoms with Crippen LogP contribution in [-0.4, -0.2) is 28.5 Å². The molecule has 9 heavy (non-hydrogen) atoms. The Bertz CT molecular complexity index is 148. The van der Waals surface area contributed by atoms with Gasteiger partial charge in [-0.1, -0.05) is 0 Å². The zero-order valence-electron chi connectivity index (χ0n) is 5.17. The van der Waals surface area contributed by atoms with E-state index in [1.54, 1.807) is 0 Å². The van der Waals surface area contributed by atoms with Crippen molar-refractivity contribution in [2.45, 2.75) is 18.2 Å². The van der Waals surface area contributed by atoms with Crippen molar-refractivity contribution < 1.29 is 4.79 Å². The quantitative estimate of drug-likeness (QED) is 0.497. The Hall–Kier alpha value is -0.180. The molecular formula is C6H9NOS. The van der Waals surface area contributed by atoms with Crippen LogP contribution in [0.15, 0.2) is 0 Å². The van der Waals surface area contributed by atoms with E-state index < -0.39 is 0 Å². The monoisotopic (exact) mass is 143 g/mol. The molecule has 2 aliphatic rings. The Kier molecular flexibility index (Phi) is 1.18. The molecule has 2 aliphatic heterocycles. The van der Waals surface area contributed by atoms with Crippen LogP contribution in [0.1, 0.15) is 12.8 Å². The summed E-state index contributed by atoms with van der Waals surface area (Å²) in [5.41, 5.74) is 0. The fraction of sp³-hybridized carbons (Fsp3) is 0.833. The number of nitrogens with zero attached hydrogens (tertiary/aromatic N) is 1. The SMILES string of the molecule is O=C1CCC2SCCN12. The Morgan fingerprint density at radius 1 is 1.67 bits per heavy atom. The van der Waals surface area contributed by atoms with E-state index in [9.17, 15) is 4.79 Å². The summed E-state index contributed by atoms with van der Waals surface area (Å²) in [7, 11) is 0. The molecule has 0 radical (unpaired) electrons. The normalized spacial score (nSPS) is 33.6. The zero-order chi connectivity index (χ0) is 6.27. The Balaban J connectivity index is 2.15. The van der Waals surface area contributed by atoms with Gasteiger partial charge >= 0.3 is 0 Å². The van der Waals surface area contributed by atoms with E-state index in [-0.39, 0.29) is 0 Å². The number of carbonyl (C=O) groups excluding carboxylic acids is 1. The average Bonchev–Trinajstić information content (AvgIpc) is 2.35. The molecule has 2 fully saturated rings. The predicted molar refractivity (Wildman–Crippen MR) is 37.2 cm³/mol. The summed E-state index contributed by atoms with van der Waals surface area (Å²) in [5.74, 6) is 1.51. The number of hydrogen-bond donors (Lipinski definition) is 0. The maximum Gasteiger partial charge on any atom is 0.223 e. The summed E-state index contributed by atoms with van der Waals surface area (Å²) in [5, 5.41) is 0.553. The number of fused-ring (bicyclic) bond motifs is 1. The highest BCUT2D eigenvalue weighted by molar-refractivity contribution is 8.00. The first-order chi connectivity index (χ1) is 4.38. The highest BCUT2D eigenvalue weighted by atomic mass is 32.2. The second-order valence-corrected chi connectivity index (χ2v) is 3.74. The fourth-order valence-corrected chi connectivity index (χ4v) is 2.70. The lowest BCUT2D eigenvalue weighted by atomic mass is 10.4. The molecule has 2 nitrogen and oxygen atoms in total. The molecule has 1 unspecified atom stereocenters. The van der Waals surface area contributed by atoms with E-state index in [1.165, 1.54) is 0 Å². The van der Waals surface area contributed by atoms with Crippen LogP contribution in [0, 0.1) is 0 Å². The van der Waals surface area contributed by atoms with E-state index in [0.29, 0.717) is 11.3 Å². The van der Waals surface area contributed by atoms with E-state index in [4.69, 9.17) is 0 Å². The number of amides is 1. The lowest BCUT2D eigenvalue weighted by molar-refractivity contribution is -0.127.